The zero-order chi connectivity index (χ0) is 8.81. The Morgan fingerprint density at radius 1 is 1.25 bits per heavy atom. The summed E-state index contributed by atoms with van der Waals surface area (Å²) in [6.07, 6.45) is 10.1. The van der Waals surface area contributed by atoms with E-state index in [1.54, 1.807) is 0 Å². The van der Waals surface area contributed by atoms with Crippen molar-refractivity contribution in [1.82, 2.24) is 5.32 Å². The Hall–Kier alpha value is -0.0400. The standard InChI is InChI=1S/C11H23N/c1-3-11(12-2)9-10-7-5-4-6-8-10/h10-12H,3-9H2,1-2H3/t11-/m1/s1. The monoisotopic (exact) mass is 169 g/mol. The van der Waals surface area contributed by atoms with Gasteiger partial charge in [0.2, 0.25) is 0 Å². The molecule has 1 aliphatic rings. The van der Waals surface area contributed by atoms with Gasteiger partial charge in [-0.25, -0.2) is 0 Å². The molecule has 1 fully saturated rings. The lowest BCUT2D eigenvalue weighted by Crippen LogP contribution is -2.27. The molecule has 1 atom stereocenters. The summed E-state index contributed by atoms with van der Waals surface area (Å²) in [4.78, 5) is 0. The number of nitrogens with one attached hydrogen (secondary N) is 1. The molecule has 0 amide bonds. The Bertz CT molecular complexity index is 102. The molecule has 0 unspecified atom stereocenters. The van der Waals surface area contributed by atoms with Gasteiger partial charge in [0.1, 0.15) is 0 Å². The summed E-state index contributed by atoms with van der Waals surface area (Å²) in [7, 11) is 2.09. The van der Waals surface area contributed by atoms with Gasteiger partial charge in [0.05, 0.1) is 0 Å². The van der Waals surface area contributed by atoms with E-state index < -0.39 is 0 Å². The molecule has 12 heavy (non-hydrogen) atoms. The van der Waals surface area contributed by atoms with Crippen molar-refractivity contribution in [3.63, 3.8) is 0 Å². The van der Waals surface area contributed by atoms with Crippen LogP contribution >= 0.6 is 0 Å². The van der Waals surface area contributed by atoms with E-state index in [-0.39, 0.29) is 0 Å². The van der Waals surface area contributed by atoms with Gasteiger partial charge in [-0.15, -0.1) is 0 Å². The first-order valence-corrected chi connectivity index (χ1v) is 5.54. The topological polar surface area (TPSA) is 12.0 Å². The predicted octanol–water partition coefficient (Wildman–Crippen LogP) is 2.95. The van der Waals surface area contributed by atoms with Crippen LogP contribution in [0.25, 0.3) is 0 Å². The SMILES string of the molecule is CC[C@H](CC1CCCCC1)NC. The van der Waals surface area contributed by atoms with E-state index in [1.165, 1.54) is 44.9 Å². The lowest BCUT2D eigenvalue weighted by atomic mass is 9.84. The second-order valence-corrected chi connectivity index (χ2v) is 4.13. The summed E-state index contributed by atoms with van der Waals surface area (Å²) in [5.41, 5.74) is 0. The second-order valence-electron chi connectivity index (χ2n) is 4.13. The molecule has 1 aliphatic carbocycles. The van der Waals surface area contributed by atoms with Gasteiger partial charge in [-0.3, -0.25) is 0 Å². The Balaban J connectivity index is 2.18. The molecule has 0 aliphatic heterocycles. The zero-order valence-corrected chi connectivity index (χ0v) is 8.60. The highest BCUT2D eigenvalue weighted by Gasteiger charge is 2.16. The lowest BCUT2D eigenvalue weighted by molar-refractivity contribution is 0.300. The van der Waals surface area contributed by atoms with Crippen molar-refractivity contribution in [3.05, 3.63) is 0 Å². The molecule has 0 heterocycles. The largest absolute Gasteiger partial charge is 0.317 e. The van der Waals surface area contributed by atoms with Gasteiger partial charge in [-0.05, 0) is 25.8 Å². The van der Waals surface area contributed by atoms with E-state index in [2.05, 4.69) is 19.3 Å². The quantitative estimate of drug-likeness (QED) is 0.682. The van der Waals surface area contributed by atoms with Crippen LogP contribution in [0.2, 0.25) is 0 Å². The molecular formula is C11H23N. The molecule has 0 radical (unpaired) electrons. The summed E-state index contributed by atoms with van der Waals surface area (Å²) in [5.74, 6) is 1.02. The predicted molar refractivity (Wildman–Crippen MR) is 54.3 cm³/mol. The molecule has 1 saturated carbocycles. The fraction of sp³-hybridized carbons (Fsp3) is 1.00. The zero-order valence-electron chi connectivity index (χ0n) is 8.60. The molecule has 1 nitrogen and oxygen atoms in total. The van der Waals surface area contributed by atoms with Crippen LogP contribution < -0.4 is 5.32 Å². The van der Waals surface area contributed by atoms with Crippen LogP contribution in [0.4, 0.5) is 0 Å². The van der Waals surface area contributed by atoms with Gasteiger partial charge in [0.15, 0.2) is 0 Å². The van der Waals surface area contributed by atoms with Crippen LogP contribution in [0.5, 0.6) is 0 Å². The van der Waals surface area contributed by atoms with Gasteiger partial charge in [0.25, 0.3) is 0 Å². The smallest absolute Gasteiger partial charge is 0.00640 e. The van der Waals surface area contributed by atoms with Crippen molar-refractivity contribution in [2.45, 2.75) is 57.9 Å². The average Bonchev–Trinajstić information content (AvgIpc) is 2.16. The van der Waals surface area contributed by atoms with Crippen molar-refractivity contribution in [2.75, 3.05) is 7.05 Å². The van der Waals surface area contributed by atoms with E-state index >= 15 is 0 Å². The maximum absolute atomic E-state index is 3.40. The first-order valence-electron chi connectivity index (χ1n) is 5.54. The molecule has 0 aromatic rings. The highest BCUT2D eigenvalue weighted by molar-refractivity contribution is 4.72. The van der Waals surface area contributed by atoms with Crippen LogP contribution in [0, 0.1) is 5.92 Å². The third-order valence-electron chi connectivity index (χ3n) is 3.24. The van der Waals surface area contributed by atoms with Gasteiger partial charge < -0.3 is 5.32 Å². The normalized spacial score (nSPS) is 22.5. The Morgan fingerprint density at radius 2 is 1.92 bits per heavy atom. The summed E-state index contributed by atoms with van der Waals surface area (Å²) in [5, 5.41) is 3.40. The van der Waals surface area contributed by atoms with Crippen molar-refractivity contribution in [3.8, 4) is 0 Å². The van der Waals surface area contributed by atoms with Crippen LogP contribution in [0.3, 0.4) is 0 Å². The molecule has 0 aromatic heterocycles. The molecule has 0 aromatic carbocycles. The Labute approximate surface area is 76.9 Å². The van der Waals surface area contributed by atoms with Crippen LogP contribution in [-0.2, 0) is 0 Å². The summed E-state index contributed by atoms with van der Waals surface area (Å²) in [6.45, 7) is 2.28. The van der Waals surface area contributed by atoms with Crippen molar-refractivity contribution in [2.24, 2.45) is 5.92 Å². The van der Waals surface area contributed by atoms with Crippen molar-refractivity contribution in [1.29, 1.82) is 0 Å². The number of hydrogen-bond acceptors (Lipinski definition) is 1. The minimum Gasteiger partial charge on any atom is -0.317 e. The van der Waals surface area contributed by atoms with Gasteiger partial charge in [-0.2, -0.15) is 0 Å². The molecule has 1 rings (SSSR count). The molecule has 1 N–H and O–H groups in total. The summed E-state index contributed by atoms with van der Waals surface area (Å²) >= 11 is 0. The van der Waals surface area contributed by atoms with Crippen molar-refractivity contribution >= 4 is 0 Å². The minimum atomic E-state index is 0.771. The lowest BCUT2D eigenvalue weighted by Gasteiger charge is -2.25. The third-order valence-corrected chi connectivity index (χ3v) is 3.24. The van der Waals surface area contributed by atoms with Crippen LogP contribution in [0.1, 0.15) is 51.9 Å². The maximum Gasteiger partial charge on any atom is 0.00640 e. The van der Waals surface area contributed by atoms with Gasteiger partial charge >= 0.3 is 0 Å². The van der Waals surface area contributed by atoms with E-state index in [1.807, 2.05) is 0 Å². The van der Waals surface area contributed by atoms with Gasteiger partial charge in [0, 0.05) is 6.04 Å². The molecule has 0 spiro atoms. The summed E-state index contributed by atoms with van der Waals surface area (Å²) in [6, 6.07) is 0.771. The molecule has 1 heteroatoms. The molecule has 0 bridgehead atoms. The Kier molecular flexibility index (Phi) is 4.67. The molecular weight excluding hydrogens is 146 g/mol. The maximum atomic E-state index is 3.40. The average molecular weight is 169 g/mol. The number of hydrogen-bond donors (Lipinski definition) is 1. The highest BCUT2D eigenvalue weighted by atomic mass is 14.9. The van der Waals surface area contributed by atoms with E-state index in [9.17, 15) is 0 Å². The first kappa shape index (κ1) is 10.0. The molecule has 72 valence electrons. The third kappa shape index (κ3) is 3.14. The second kappa shape index (κ2) is 5.58. The highest BCUT2D eigenvalue weighted by Crippen LogP contribution is 2.27. The van der Waals surface area contributed by atoms with E-state index in [4.69, 9.17) is 0 Å². The van der Waals surface area contributed by atoms with Crippen molar-refractivity contribution < 1.29 is 0 Å². The minimum absolute atomic E-state index is 0.771. The molecule has 0 saturated heterocycles. The Morgan fingerprint density at radius 3 is 2.42 bits per heavy atom. The number of rotatable bonds is 4. The van der Waals surface area contributed by atoms with Crippen LogP contribution in [-0.4, -0.2) is 13.1 Å². The van der Waals surface area contributed by atoms with E-state index in [0.29, 0.717) is 0 Å². The van der Waals surface area contributed by atoms with Crippen LogP contribution in [0.15, 0.2) is 0 Å². The summed E-state index contributed by atoms with van der Waals surface area (Å²) < 4.78 is 0. The van der Waals surface area contributed by atoms with E-state index in [0.717, 1.165) is 12.0 Å². The fourth-order valence-corrected chi connectivity index (χ4v) is 2.31. The fourth-order valence-electron chi connectivity index (χ4n) is 2.31. The first-order chi connectivity index (χ1) is 5.86. The van der Waals surface area contributed by atoms with Gasteiger partial charge in [-0.1, -0.05) is 39.0 Å².